The van der Waals surface area contributed by atoms with Crippen LogP contribution in [0.3, 0.4) is 0 Å². The largest absolute Gasteiger partial charge is 0.444 e. The third kappa shape index (κ3) is 6.92. The lowest BCUT2D eigenvalue weighted by atomic mass is 10.1. The maximum absolute atomic E-state index is 11.6. The quantitative estimate of drug-likeness (QED) is 0.863. The van der Waals surface area contributed by atoms with Crippen LogP contribution in [0.2, 0.25) is 0 Å². The van der Waals surface area contributed by atoms with E-state index in [-0.39, 0.29) is 18.1 Å². The molecule has 6 heteroatoms. The summed E-state index contributed by atoms with van der Waals surface area (Å²) in [7, 11) is 0. The molecule has 1 atom stereocenters. The predicted molar refractivity (Wildman–Crippen MR) is 78.2 cm³/mol. The minimum atomic E-state index is -0.467. The lowest BCUT2D eigenvalue weighted by molar-refractivity contribution is 0.0506. The molecule has 0 aliphatic heterocycles. The molecule has 0 aromatic carbocycles. The Morgan fingerprint density at radius 2 is 2.00 bits per heavy atom. The zero-order valence-corrected chi connectivity index (χ0v) is 12.6. The highest BCUT2D eigenvalue weighted by Gasteiger charge is 2.17. The third-order valence-electron chi connectivity index (χ3n) is 2.59. The summed E-state index contributed by atoms with van der Waals surface area (Å²) in [5, 5.41) is 2.82. The molecule has 0 saturated heterocycles. The average Bonchev–Trinajstić information content (AvgIpc) is 2.29. The van der Waals surface area contributed by atoms with E-state index in [9.17, 15) is 4.79 Å². The molecule has 1 heterocycles. The number of anilines is 1. The predicted octanol–water partition coefficient (Wildman–Crippen LogP) is 2.29. The van der Waals surface area contributed by atoms with Crippen molar-refractivity contribution in [2.24, 2.45) is 0 Å². The summed E-state index contributed by atoms with van der Waals surface area (Å²) < 4.78 is 5.20. The first kappa shape index (κ1) is 16.2. The molecule has 0 spiro atoms. The Balaban J connectivity index is 2.24. The molecule has 1 amide bonds. The van der Waals surface area contributed by atoms with Gasteiger partial charge in [0.1, 0.15) is 5.60 Å². The van der Waals surface area contributed by atoms with E-state index in [0.29, 0.717) is 0 Å². The molecule has 0 aliphatic carbocycles. The summed E-state index contributed by atoms with van der Waals surface area (Å²) in [6.45, 7) is 7.50. The highest BCUT2D eigenvalue weighted by Crippen LogP contribution is 2.09. The first-order valence-corrected chi connectivity index (χ1v) is 6.82. The van der Waals surface area contributed by atoms with Crippen molar-refractivity contribution in [3.8, 4) is 0 Å². The zero-order valence-electron chi connectivity index (χ0n) is 12.6. The monoisotopic (exact) mass is 280 g/mol. The maximum atomic E-state index is 11.6. The molecule has 0 unspecified atom stereocenters. The van der Waals surface area contributed by atoms with Crippen molar-refractivity contribution < 1.29 is 9.53 Å². The Morgan fingerprint density at radius 3 is 2.55 bits per heavy atom. The fourth-order valence-electron chi connectivity index (χ4n) is 1.69. The van der Waals surface area contributed by atoms with Crippen LogP contribution in [0.4, 0.5) is 10.7 Å². The minimum absolute atomic E-state index is 0.0690. The van der Waals surface area contributed by atoms with Gasteiger partial charge in [0.15, 0.2) is 0 Å². The Morgan fingerprint density at radius 1 is 1.40 bits per heavy atom. The molecule has 0 bridgehead atoms. The van der Waals surface area contributed by atoms with Crippen molar-refractivity contribution in [1.29, 1.82) is 0 Å². The highest BCUT2D eigenvalue weighted by molar-refractivity contribution is 5.67. The van der Waals surface area contributed by atoms with Crippen molar-refractivity contribution >= 4 is 12.0 Å². The van der Waals surface area contributed by atoms with Gasteiger partial charge in [0.05, 0.1) is 0 Å². The Labute approximate surface area is 120 Å². The lowest BCUT2D eigenvalue weighted by Crippen LogP contribution is -2.37. The zero-order chi connectivity index (χ0) is 15.2. The smallest absolute Gasteiger partial charge is 0.407 e. The SMILES string of the molecule is C[C@@H](CCCc1cnc(N)nc1)NC(=O)OC(C)(C)C. The fraction of sp³-hybridized carbons (Fsp3) is 0.643. The van der Waals surface area contributed by atoms with Gasteiger partial charge in [-0.05, 0) is 52.5 Å². The molecule has 1 rings (SSSR count). The first-order valence-electron chi connectivity index (χ1n) is 6.82. The van der Waals surface area contributed by atoms with Crippen LogP contribution in [0, 0.1) is 0 Å². The van der Waals surface area contributed by atoms with Gasteiger partial charge in [-0.25, -0.2) is 14.8 Å². The minimum Gasteiger partial charge on any atom is -0.444 e. The number of amides is 1. The van der Waals surface area contributed by atoms with Crippen LogP contribution in [0.15, 0.2) is 12.4 Å². The van der Waals surface area contributed by atoms with E-state index in [0.717, 1.165) is 24.8 Å². The number of carbonyl (C=O) groups is 1. The van der Waals surface area contributed by atoms with Gasteiger partial charge in [0, 0.05) is 18.4 Å². The molecule has 112 valence electrons. The Bertz CT molecular complexity index is 426. The fourth-order valence-corrected chi connectivity index (χ4v) is 1.69. The van der Waals surface area contributed by atoms with Crippen LogP contribution >= 0.6 is 0 Å². The van der Waals surface area contributed by atoms with Gasteiger partial charge in [-0.3, -0.25) is 0 Å². The van der Waals surface area contributed by atoms with E-state index in [1.165, 1.54) is 0 Å². The van der Waals surface area contributed by atoms with Gasteiger partial charge >= 0.3 is 6.09 Å². The number of nitrogens with two attached hydrogens (primary N) is 1. The van der Waals surface area contributed by atoms with Crippen LogP contribution in [0.1, 0.15) is 46.1 Å². The highest BCUT2D eigenvalue weighted by atomic mass is 16.6. The topological polar surface area (TPSA) is 90.1 Å². The molecular formula is C14H24N4O2. The number of carbonyl (C=O) groups excluding carboxylic acids is 1. The summed E-state index contributed by atoms with van der Waals surface area (Å²) in [6.07, 6.45) is 5.75. The Hall–Kier alpha value is -1.85. The van der Waals surface area contributed by atoms with Gasteiger partial charge in [-0.2, -0.15) is 0 Å². The number of nitrogens with zero attached hydrogens (tertiary/aromatic N) is 2. The van der Waals surface area contributed by atoms with E-state index >= 15 is 0 Å². The van der Waals surface area contributed by atoms with E-state index in [2.05, 4.69) is 15.3 Å². The molecule has 0 aliphatic rings. The van der Waals surface area contributed by atoms with E-state index < -0.39 is 5.60 Å². The molecule has 0 radical (unpaired) electrons. The first-order chi connectivity index (χ1) is 9.26. The summed E-state index contributed by atoms with van der Waals surface area (Å²) in [6, 6.07) is 0.0690. The van der Waals surface area contributed by atoms with Gasteiger partial charge < -0.3 is 15.8 Å². The second kappa shape index (κ2) is 7.07. The average molecular weight is 280 g/mol. The van der Waals surface area contributed by atoms with Crippen molar-refractivity contribution in [2.45, 2.75) is 58.6 Å². The van der Waals surface area contributed by atoms with E-state index in [1.54, 1.807) is 12.4 Å². The van der Waals surface area contributed by atoms with Crippen LogP contribution in [0.5, 0.6) is 0 Å². The molecule has 0 fully saturated rings. The number of alkyl carbamates (subject to hydrolysis) is 1. The van der Waals surface area contributed by atoms with Crippen molar-refractivity contribution in [1.82, 2.24) is 15.3 Å². The van der Waals surface area contributed by atoms with Crippen molar-refractivity contribution in [3.05, 3.63) is 18.0 Å². The van der Waals surface area contributed by atoms with E-state index in [4.69, 9.17) is 10.5 Å². The number of ether oxygens (including phenoxy) is 1. The number of hydrogen-bond acceptors (Lipinski definition) is 5. The van der Waals surface area contributed by atoms with Crippen molar-refractivity contribution in [2.75, 3.05) is 5.73 Å². The van der Waals surface area contributed by atoms with Crippen LogP contribution in [-0.2, 0) is 11.2 Å². The summed E-state index contributed by atoms with van der Waals surface area (Å²) in [5.74, 6) is 0.286. The van der Waals surface area contributed by atoms with Crippen LogP contribution in [0.25, 0.3) is 0 Å². The summed E-state index contributed by atoms with van der Waals surface area (Å²) >= 11 is 0. The molecule has 1 aromatic heterocycles. The lowest BCUT2D eigenvalue weighted by Gasteiger charge is -2.21. The Kier molecular flexibility index (Phi) is 5.73. The summed E-state index contributed by atoms with van der Waals surface area (Å²) in [5.41, 5.74) is 6.00. The number of rotatable bonds is 5. The van der Waals surface area contributed by atoms with Gasteiger partial charge in [-0.15, -0.1) is 0 Å². The molecular weight excluding hydrogens is 256 g/mol. The maximum Gasteiger partial charge on any atom is 0.407 e. The number of aromatic nitrogens is 2. The molecule has 20 heavy (non-hydrogen) atoms. The summed E-state index contributed by atoms with van der Waals surface area (Å²) in [4.78, 5) is 19.5. The van der Waals surface area contributed by atoms with Gasteiger partial charge in [0.2, 0.25) is 5.95 Å². The van der Waals surface area contributed by atoms with Crippen LogP contribution < -0.4 is 11.1 Å². The van der Waals surface area contributed by atoms with Gasteiger partial charge in [-0.1, -0.05) is 0 Å². The normalized spacial score (nSPS) is 12.8. The number of nitrogens with one attached hydrogen (secondary N) is 1. The molecule has 0 saturated carbocycles. The van der Waals surface area contributed by atoms with Gasteiger partial charge in [0.25, 0.3) is 0 Å². The second-order valence-corrected chi connectivity index (χ2v) is 5.89. The number of aryl methyl sites for hydroxylation is 1. The second-order valence-electron chi connectivity index (χ2n) is 5.89. The number of nitrogen functional groups attached to an aromatic ring is 1. The number of hydrogen-bond donors (Lipinski definition) is 2. The standard InChI is InChI=1S/C14H24N4O2/c1-10(18-13(19)20-14(2,3)4)6-5-7-11-8-16-12(15)17-9-11/h8-10H,5-7H2,1-4H3,(H,18,19)(H2,15,16,17)/t10-/m0/s1. The third-order valence-corrected chi connectivity index (χ3v) is 2.59. The molecule has 1 aromatic rings. The van der Waals surface area contributed by atoms with Crippen LogP contribution in [-0.4, -0.2) is 27.7 Å². The van der Waals surface area contributed by atoms with E-state index in [1.807, 2.05) is 27.7 Å². The molecule has 3 N–H and O–H groups in total. The molecule has 6 nitrogen and oxygen atoms in total. The van der Waals surface area contributed by atoms with Crippen molar-refractivity contribution in [3.63, 3.8) is 0 Å².